The standard InChI is InChI=1S/C29H33F3N4O4/c1-16-11-17(12-25(33)29(16,2)38)19-7-8-34-15-24(19)36-28(37)23-6-5-20(30)27(35-23)26-21(31)13-18(14-22(26)32)40-10-4-9-39-3/h5-8,13-17,25,38H,4,9-12,33H2,1-3H3,(H,36,37)/t16-,17+,25+,29+/m0/s1. The lowest BCUT2D eigenvalue weighted by molar-refractivity contribution is -0.0463. The van der Waals surface area contributed by atoms with Crippen LogP contribution >= 0.6 is 0 Å². The maximum atomic E-state index is 14.9. The van der Waals surface area contributed by atoms with Crippen LogP contribution in [0.1, 0.15) is 55.1 Å². The molecule has 8 nitrogen and oxygen atoms in total. The summed E-state index contributed by atoms with van der Waals surface area (Å²) in [7, 11) is 1.53. The monoisotopic (exact) mass is 558 g/mol. The predicted molar refractivity (Wildman–Crippen MR) is 143 cm³/mol. The van der Waals surface area contributed by atoms with Gasteiger partial charge in [0.25, 0.3) is 5.91 Å². The van der Waals surface area contributed by atoms with Gasteiger partial charge in [0.2, 0.25) is 0 Å². The Morgan fingerprint density at radius 3 is 2.55 bits per heavy atom. The number of nitrogens with zero attached hydrogens (tertiary/aromatic N) is 2. The van der Waals surface area contributed by atoms with Crippen LogP contribution in [0.3, 0.4) is 0 Å². The molecule has 4 rings (SSSR count). The van der Waals surface area contributed by atoms with Crippen LogP contribution in [0, 0.1) is 23.4 Å². The first-order valence-corrected chi connectivity index (χ1v) is 13.0. The van der Waals surface area contributed by atoms with E-state index in [-0.39, 0.29) is 29.9 Å². The van der Waals surface area contributed by atoms with E-state index in [0.29, 0.717) is 31.6 Å². The van der Waals surface area contributed by atoms with Crippen molar-refractivity contribution >= 4 is 11.6 Å². The van der Waals surface area contributed by atoms with E-state index in [4.69, 9.17) is 15.2 Å². The number of aromatic nitrogens is 2. The molecule has 0 saturated heterocycles. The minimum absolute atomic E-state index is 0.0568. The molecule has 0 aliphatic heterocycles. The van der Waals surface area contributed by atoms with Gasteiger partial charge in [-0.3, -0.25) is 9.78 Å². The zero-order valence-electron chi connectivity index (χ0n) is 22.6. The Morgan fingerprint density at radius 1 is 1.15 bits per heavy atom. The first kappa shape index (κ1) is 29.4. The molecule has 1 fully saturated rings. The Kier molecular flexibility index (Phi) is 9.07. The second-order valence-corrected chi connectivity index (χ2v) is 10.3. The molecular weight excluding hydrogens is 525 g/mol. The van der Waals surface area contributed by atoms with Crippen LogP contribution in [-0.2, 0) is 4.74 Å². The normalized spacial score (nSPS) is 22.6. The number of hydrogen-bond acceptors (Lipinski definition) is 7. The molecule has 3 aromatic rings. The second-order valence-electron chi connectivity index (χ2n) is 10.3. The number of amides is 1. The van der Waals surface area contributed by atoms with E-state index in [1.807, 2.05) is 6.92 Å². The van der Waals surface area contributed by atoms with E-state index in [2.05, 4.69) is 15.3 Å². The number of anilines is 1. The number of rotatable bonds is 9. The molecule has 1 saturated carbocycles. The Morgan fingerprint density at radius 2 is 1.88 bits per heavy atom. The summed E-state index contributed by atoms with van der Waals surface area (Å²) in [4.78, 5) is 21.2. The quantitative estimate of drug-likeness (QED) is 0.322. The van der Waals surface area contributed by atoms with Crippen molar-refractivity contribution in [3.05, 3.63) is 71.4 Å². The third kappa shape index (κ3) is 6.27. The molecule has 4 atom stereocenters. The van der Waals surface area contributed by atoms with Crippen LogP contribution in [0.15, 0.2) is 42.7 Å². The highest BCUT2D eigenvalue weighted by atomic mass is 19.1. The average molecular weight is 559 g/mol. The van der Waals surface area contributed by atoms with Crippen molar-refractivity contribution in [2.24, 2.45) is 11.7 Å². The van der Waals surface area contributed by atoms with Crippen LogP contribution in [0.5, 0.6) is 5.75 Å². The smallest absolute Gasteiger partial charge is 0.274 e. The summed E-state index contributed by atoms with van der Waals surface area (Å²) in [5.74, 6) is -4.09. The minimum atomic E-state index is -1.08. The van der Waals surface area contributed by atoms with Crippen LogP contribution in [0.4, 0.5) is 18.9 Å². The van der Waals surface area contributed by atoms with E-state index in [1.54, 1.807) is 19.2 Å². The number of methoxy groups -OCH3 is 1. The van der Waals surface area contributed by atoms with Gasteiger partial charge in [-0.1, -0.05) is 6.92 Å². The van der Waals surface area contributed by atoms with E-state index < -0.39 is 46.3 Å². The minimum Gasteiger partial charge on any atom is -0.493 e. The van der Waals surface area contributed by atoms with Gasteiger partial charge in [-0.15, -0.1) is 0 Å². The van der Waals surface area contributed by atoms with E-state index in [0.717, 1.165) is 29.8 Å². The second kappa shape index (κ2) is 12.3. The molecule has 214 valence electrons. The van der Waals surface area contributed by atoms with Gasteiger partial charge in [0.05, 0.1) is 29.7 Å². The number of pyridine rings is 2. The summed E-state index contributed by atoms with van der Waals surface area (Å²) in [5, 5.41) is 13.4. The Labute approximate surface area is 230 Å². The molecule has 1 aliphatic rings. The molecule has 0 bridgehead atoms. The fraction of sp³-hybridized carbons (Fsp3) is 0.414. The Hall–Kier alpha value is -3.54. The molecule has 11 heteroatoms. The van der Waals surface area contributed by atoms with Crippen molar-refractivity contribution < 1.29 is 32.5 Å². The fourth-order valence-corrected chi connectivity index (χ4v) is 4.97. The van der Waals surface area contributed by atoms with Crippen molar-refractivity contribution in [2.45, 2.75) is 50.7 Å². The highest BCUT2D eigenvalue weighted by molar-refractivity contribution is 6.03. The van der Waals surface area contributed by atoms with Gasteiger partial charge < -0.3 is 25.6 Å². The lowest BCUT2D eigenvalue weighted by Crippen LogP contribution is -2.54. The summed E-state index contributed by atoms with van der Waals surface area (Å²) in [6.45, 7) is 4.24. The molecule has 1 amide bonds. The molecule has 0 radical (unpaired) electrons. The van der Waals surface area contributed by atoms with Gasteiger partial charge in [0.1, 0.15) is 34.6 Å². The van der Waals surface area contributed by atoms with Gasteiger partial charge in [-0.05, 0) is 55.4 Å². The summed E-state index contributed by atoms with van der Waals surface area (Å²) in [6.07, 6.45) is 4.72. The van der Waals surface area contributed by atoms with Crippen molar-refractivity contribution in [1.82, 2.24) is 9.97 Å². The van der Waals surface area contributed by atoms with Crippen LogP contribution in [0.25, 0.3) is 11.3 Å². The topological polar surface area (TPSA) is 120 Å². The van der Waals surface area contributed by atoms with E-state index >= 15 is 0 Å². The molecule has 0 unspecified atom stereocenters. The number of carbonyl (C=O) groups is 1. The lowest BCUT2D eigenvalue weighted by atomic mass is 9.68. The number of hydrogen-bond donors (Lipinski definition) is 3. The molecule has 2 heterocycles. The molecule has 1 aliphatic carbocycles. The zero-order valence-corrected chi connectivity index (χ0v) is 22.6. The number of nitrogens with one attached hydrogen (secondary N) is 1. The zero-order chi connectivity index (χ0) is 29.0. The maximum absolute atomic E-state index is 14.9. The molecule has 0 spiro atoms. The van der Waals surface area contributed by atoms with Gasteiger partial charge >= 0.3 is 0 Å². The predicted octanol–water partition coefficient (Wildman–Crippen LogP) is 4.82. The highest BCUT2D eigenvalue weighted by Crippen LogP contribution is 2.43. The lowest BCUT2D eigenvalue weighted by Gasteiger charge is -2.44. The Balaban J connectivity index is 1.57. The van der Waals surface area contributed by atoms with Gasteiger partial charge in [-0.25, -0.2) is 18.2 Å². The number of benzene rings is 1. The van der Waals surface area contributed by atoms with Gasteiger partial charge in [0.15, 0.2) is 0 Å². The molecule has 4 N–H and O–H groups in total. The third-order valence-electron chi connectivity index (χ3n) is 7.56. The van der Waals surface area contributed by atoms with Crippen molar-refractivity contribution in [3.8, 4) is 17.0 Å². The first-order valence-electron chi connectivity index (χ1n) is 13.0. The first-order chi connectivity index (χ1) is 19.0. The largest absolute Gasteiger partial charge is 0.493 e. The number of carbonyl (C=O) groups excluding carboxylic acids is 1. The van der Waals surface area contributed by atoms with Crippen molar-refractivity contribution in [2.75, 3.05) is 25.6 Å². The third-order valence-corrected chi connectivity index (χ3v) is 7.56. The fourth-order valence-electron chi connectivity index (χ4n) is 4.97. The van der Waals surface area contributed by atoms with Crippen LogP contribution < -0.4 is 15.8 Å². The summed E-state index contributed by atoms with van der Waals surface area (Å²) in [5.41, 5.74) is 4.82. The van der Waals surface area contributed by atoms with Crippen molar-refractivity contribution in [1.29, 1.82) is 0 Å². The molecule has 40 heavy (non-hydrogen) atoms. The number of ether oxygens (including phenoxy) is 2. The van der Waals surface area contributed by atoms with Crippen LogP contribution in [-0.4, -0.2) is 52.9 Å². The molecule has 1 aromatic carbocycles. The SMILES string of the molecule is COCCCOc1cc(F)c(-c2nc(C(=O)Nc3cnccc3[C@H]3C[C@@H](N)[C@](C)(O)[C@@H](C)C3)ccc2F)c(F)c1. The number of nitrogens with two attached hydrogens (primary N) is 1. The van der Waals surface area contributed by atoms with Crippen molar-refractivity contribution in [3.63, 3.8) is 0 Å². The average Bonchev–Trinajstić information content (AvgIpc) is 2.90. The Bertz CT molecular complexity index is 1330. The number of halogens is 3. The number of aliphatic hydroxyl groups is 1. The van der Waals surface area contributed by atoms with E-state index in [9.17, 15) is 23.1 Å². The summed E-state index contributed by atoms with van der Waals surface area (Å²) in [6, 6.07) is 5.24. The summed E-state index contributed by atoms with van der Waals surface area (Å²) >= 11 is 0. The summed E-state index contributed by atoms with van der Waals surface area (Å²) < 4.78 is 54.8. The maximum Gasteiger partial charge on any atom is 0.274 e. The van der Waals surface area contributed by atoms with Crippen LogP contribution in [0.2, 0.25) is 0 Å². The van der Waals surface area contributed by atoms with E-state index in [1.165, 1.54) is 13.3 Å². The highest BCUT2D eigenvalue weighted by Gasteiger charge is 2.42. The van der Waals surface area contributed by atoms with Gasteiger partial charge in [0, 0.05) is 44.5 Å². The molecule has 2 aromatic heterocycles. The molecular formula is C29H33F3N4O4. The van der Waals surface area contributed by atoms with Gasteiger partial charge in [-0.2, -0.15) is 0 Å².